The number of anilines is 1. The molecule has 0 saturated heterocycles. The molecular weight excluding hydrogens is 448 g/mol. The molecule has 0 bridgehead atoms. The van der Waals surface area contributed by atoms with Gasteiger partial charge in [0.2, 0.25) is 0 Å². The molecule has 33 heavy (non-hydrogen) atoms. The molecule has 0 aliphatic rings. The second-order valence-corrected chi connectivity index (χ2v) is 7.61. The van der Waals surface area contributed by atoms with Crippen molar-refractivity contribution in [2.75, 3.05) is 5.32 Å². The van der Waals surface area contributed by atoms with Crippen LogP contribution in [0.15, 0.2) is 71.3 Å². The molecule has 0 aliphatic carbocycles. The summed E-state index contributed by atoms with van der Waals surface area (Å²) in [5.74, 6) is 0.705. The number of halogens is 1. The molecule has 10 heteroatoms. The zero-order valence-corrected chi connectivity index (χ0v) is 18.3. The first-order valence-corrected chi connectivity index (χ1v) is 10.3. The number of hydrogen-bond acceptors (Lipinski definition) is 6. The minimum absolute atomic E-state index is 0.00410. The summed E-state index contributed by atoms with van der Waals surface area (Å²) in [7, 11) is 0. The number of nitro benzene ring substituents is 1. The van der Waals surface area contributed by atoms with E-state index in [0.717, 1.165) is 5.56 Å². The van der Waals surface area contributed by atoms with E-state index in [2.05, 4.69) is 10.4 Å². The van der Waals surface area contributed by atoms with Gasteiger partial charge in [0.15, 0.2) is 11.6 Å². The molecule has 0 atom stereocenters. The number of benzene rings is 2. The number of furan rings is 1. The van der Waals surface area contributed by atoms with Crippen molar-refractivity contribution < 1.29 is 18.9 Å². The Hall–Kier alpha value is -4.11. The normalized spacial score (nSPS) is 10.7. The highest BCUT2D eigenvalue weighted by molar-refractivity contribution is 6.32. The number of nitro groups is 1. The van der Waals surface area contributed by atoms with Crippen LogP contribution in [-0.2, 0) is 13.2 Å². The predicted molar refractivity (Wildman–Crippen MR) is 122 cm³/mol. The Balaban J connectivity index is 1.34. The van der Waals surface area contributed by atoms with Gasteiger partial charge in [0.25, 0.3) is 11.6 Å². The molecular formula is C23H19ClN4O5. The lowest BCUT2D eigenvalue weighted by atomic mass is 10.1. The van der Waals surface area contributed by atoms with Gasteiger partial charge in [0.05, 0.1) is 16.5 Å². The van der Waals surface area contributed by atoms with Gasteiger partial charge in [-0.1, -0.05) is 35.9 Å². The van der Waals surface area contributed by atoms with Gasteiger partial charge >= 0.3 is 0 Å². The van der Waals surface area contributed by atoms with Crippen LogP contribution >= 0.6 is 11.6 Å². The molecule has 0 saturated carbocycles. The minimum Gasteiger partial charge on any atom is -0.484 e. The average molecular weight is 467 g/mol. The van der Waals surface area contributed by atoms with Crippen LogP contribution in [0.4, 0.5) is 11.5 Å². The molecule has 2 heterocycles. The Morgan fingerprint density at radius 2 is 2.03 bits per heavy atom. The molecule has 2 aromatic carbocycles. The largest absolute Gasteiger partial charge is 0.484 e. The Morgan fingerprint density at radius 3 is 2.79 bits per heavy atom. The fourth-order valence-corrected chi connectivity index (χ4v) is 3.33. The number of ether oxygens (including phenoxy) is 1. The van der Waals surface area contributed by atoms with Crippen molar-refractivity contribution in [2.24, 2.45) is 0 Å². The van der Waals surface area contributed by atoms with E-state index in [0.29, 0.717) is 18.1 Å². The van der Waals surface area contributed by atoms with Crippen molar-refractivity contribution in [1.82, 2.24) is 9.78 Å². The average Bonchev–Trinajstić information content (AvgIpc) is 3.44. The number of amides is 1. The zero-order chi connectivity index (χ0) is 23.4. The van der Waals surface area contributed by atoms with Gasteiger partial charge in [0.1, 0.15) is 18.1 Å². The zero-order valence-electron chi connectivity index (χ0n) is 17.5. The van der Waals surface area contributed by atoms with Crippen molar-refractivity contribution in [2.45, 2.75) is 20.1 Å². The summed E-state index contributed by atoms with van der Waals surface area (Å²) in [4.78, 5) is 22.7. The lowest BCUT2D eigenvalue weighted by Gasteiger charge is -2.06. The number of hydrogen-bond donors (Lipinski definition) is 1. The third kappa shape index (κ3) is 5.39. The van der Waals surface area contributed by atoms with Gasteiger partial charge in [-0.2, -0.15) is 5.10 Å². The number of non-ortho nitro benzene ring substituents is 1. The summed E-state index contributed by atoms with van der Waals surface area (Å²) < 4.78 is 12.8. The van der Waals surface area contributed by atoms with Crippen LogP contribution in [0.3, 0.4) is 0 Å². The SMILES string of the molecule is Cc1ccccc1Cn1ccc(NC(=O)c2ccc(COc3ccc([N+](=O)[O-])cc3Cl)o2)n1. The standard InChI is InChI=1S/C23H19ClN4O5/c1-15-4-2-3-5-16(15)13-27-11-10-22(26-27)25-23(29)21-9-7-18(33-21)14-32-20-8-6-17(28(30)31)12-19(20)24/h2-12H,13-14H2,1H3,(H,25,26,29). The molecule has 2 aromatic heterocycles. The molecule has 0 fully saturated rings. The topological polar surface area (TPSA) is 112 Å². The quantitative estimate of drug-likeness (QED) is 0.281. The number of carbonyl (C=O) groups excluding carboxylic acids is 1. The maximum atomic E-state index is 12.5. The number of nitrogens with zero attached hydrogens (tertiary/aromatic N) is 3. The lowest BCUT2D eigenvalue weighted by molar-refractivity contribution is -0.384. The van der Waals surface area contributed by atoms with E-state index in [1.165, 1.54) is 29.8 Å². The van der Waals surface area contributed by atoms with E-state index in [9.17, 15) is 14.9 Å². The van der Waals surface area contributed by atoms with E-state index in [1.807, 2.05) is 31.2 Å². The number of rotatable bonds is 8. The number of aryl methyl sites for hydroxylation is 1. The Kier molecular flexibility index (Phi) is 6.41. The van der Waals surface area contributed by atoms with E-state index in [-0.39, 0.29) is 28.8 Å². The van der Waals surface area contributed by atoms with Crippen LogP contribution in [0.25, 0.3) is 0 Å². The molecule has 4 rings (SSSR count). The maximum absolute atomic E-state index is 12.5. The fourth-order valence-electron chi connectivity index (χ4n) is 3.10. The second kappa shape index (κ2) is 9.58. The van der Waals surface area contributed by atoms with Crippen molar-refractivity contribution in [3.63, 3.8) is 0 Å². The van der Waals surface area contributed by atoms with E-state index in [1.54, 1.807) is 23.0 Å². The molecule has 0 unspecified atom stereocenters. The summed E-state index contributed by atoms with van der Waals surface area (Å²) in [6.07, 6.45) is 1.79. The van der Waals surface area contributed by atoms with Crippen LogP contribution in [0.1, 0.15) is 27.4 Å². The minimum atomic E-state index is -0.543. The van der Waals surface area contributed by atoms with Crippen LogP contribution < -0.4 is 10.1 Å². The highest BCUT2D eigenvalue weighted by Crippen LogP contribution is 2.29. The van der Waals surface area contributed by atoms with E-state index < -0.39 is 10.8 Å². The Bertz CT molecular complexity index is 1310. The first-order chi connectivity index (χ1) is 15.9. The van der Waals surface area contributed by atoms with Crippen molar-refractivity contribution in [1.29, 1.82) is 0 Å². The monoisotopic (exact) mass is 466 g/mol. The smallest absolute Gasteiger partial charge is 0.292 e. The first kappa shape index (κ1) is 22.1. The third-order valence-electron chi connectivity index (χ3n) is 4.86. The molecule has 9 nitrogen and oxygen atoms in total. The van der Waals surface area contributed by atoms with Gasteiger partial charge in [-0.25, -0.2) is 0 Å². The molecule has 0 aliphatic heterocycles. The third-order valence-corrected chi connectivity index (χ3v) is 5.15. The lowest BCUT2D eigenvalue weighted by Crippen LogP contribution is -2.12. The summed E-state index contributed by atoms with van der Waals surface area (Å²) in [5, 5.41) is 18.0. The first-order valence-electron chi connectivity index (χ1n) is 9.94. The fraction of sp³-hybridized carbons (Fsp3) is 0.130. The number of carbonyl (C=O) groups is 1. The highest BCUT2D eigenvalue weighted by Gasteiger charge is 2.15. The summed E-state index contributed by atoms with van der Waals surface area (Å²) in [5.41, 5.74) is 2.17. The van der Waals surface area contributed by atoms with E-state index in [4.69, 9.17) is 20.8 Å². The van der Waals surface area contributed by atoms with Crippen LogP contribution in [0, 0.1) is 17.0 Å². The van der Waals surface area contributed by atoms with Crippen LogP contribution in [-0.4, -0.2) is 20.6 Å². The van der Waals surface area contributed by atoms with Gasteiger partial charge in [-0.05, 0) is 36.2 Å². The van der Waals surface area contributed by atoms with Crippen molar-refractivity contribution in [3.8, 4) is 5.75 Å². The summed E-state index contributed by atoms with van der Waals surface area (Å²) >= 11 is 6.01. The van der Waals surface area contributed by atoms with Gasteiger partial charge in [-0.15, -0.1) is 0 Å². The van der Waals surface area contributed by atoms with Crippen molar-refractivity contribution in [3.05, 3.63) is 105 Å². The highest BCUT2D eigenvalue weighted by atomic mass is 35.5. The Morgan fingerprint density at radius 1 is 1.21 bits per heavy atom. The van der Waals surface area contributed by atoms with Gasteiger partial charge < -0.3 is 14.5 Å². The Labute approximate surface area is 193 Å². The van der Waals surface area contributed by atoms with E-state index >= 15 is 0 Å². The molecule has 1 N–H and O–H groups in total. The summed E-state index contributed by atoms with van der Waals surface area (Å²) in [6.45, 7) is 2.63. The summed E-state index contributed by atoms with van der Waals surface area (Å²) in [6, 6.07) is 16.8. The molecule has 1 amide bonds. The van der Waals surface area contributed by atoms with Gasteiger partial charge in [-0.3, -0.25) is 19.6 Å². The number of aromatic nitrogens is 2. The molecule has 0 radical (unpaired) electrons. The van der Waals surface area contributed by atoms with Gasteiger partial charge in [0, 0.05) is 24.4 Å². The maximum Gasteiger partial charge on any atom is 0.292 e. The molecule has 0 spiro atoms. The molecule has 168 valence electrons. The van der Waals surface area contributed by atoms with Crippen molar-refractivity contribution >= 4 is 29.0 Å². The predicted octanol–water partition coefficient (Wildman–Crippen LogP) is 5.23. The number of nitrogens with one attached hydrogen (secondary N) is 1. The molecule has 4 aromatic rings. The van der Waals surface area contributed by atoms with Crippen LogP contribution in [0.5, 0.6) is 5.75 Å². The second-order valence-electron chi connectivity index (χ2n) is 7.21. The van der Waals surface area contributed by atoms with Crippen LogP contribution in [0.2, 0.25) is 5.02 Å².